The van der Waals surface area contributed by atoms with Crippen LogP contribution in [0.2, 0.25) is 0 Å². The van der Waals surface area contributed by atoms with E-state index in [0.717, 1.165) is 199 Å². The molecule has 10 saturated heterocycles. The Balaban J connectivity index is 0.000000147. The highest BCUT2D eigenvalue weighted by atomic mass is 16.6. The molecule has 5 aromatic carbocycles. The van der Waals surface area contributed by atoms with Crippen LogP contribution < -0.4 is 83.8 Å². The average molecular weight is 1630 g/mol. The van der Waals surface area contributed by atoms with Gasteiger partial charge in [0.15, 0.2) is 0 Å². The lowest BCUT2D eigenvalue weighted by atomic mass is 9.89. The van der Waals surface area contributed by atoms with E-state index in [9.17, 15) is 33.6 Å². The Labute approximate surface area is 703 Å². The average Bonchev–Trinajstić information content (AvgIpc) is 0.844. The van der Waals surface area contributed by atoms with Crippen LogP contribution >= 0.6 is 0 Å². The van der Waals surface area contributed by atoms with E-state index in [1.807, 2.05) is 53.7 Å². The number of nitrogens with one attached hydrogen (secondary N) is 13. The van der Waals surface area contributed by atoms with E-state index in [0.29, 0.717) is 57.0 Å². The van der Waals surface area contributed by atoms with Crippen LogP contribution in [-0.4, -0.2) is 198 Å². The molecule has 640 valence electrons. The molecular formula is C92H128N18O9. The van der Waals surface area contributed by atoms with Crippen LogP contribution in [0.25, 0.3) is 0 Å². The predicted octanol–water partition coefficient (Wildman–Crippen LogP) is 11.9. The maximum absolute atomic E-state index is 12.2. The summed E-state index contributed by atoms with van der Waals surface area (Å²) in [7, 11) is 0. The lowest BCUT2D eigenvalue weighted by Crippen LogP contribution is -2.50. The number of piperazine rings is 3. The number of hydrogen-bond acceptors (Lipinski definition) is 20. The van der Waals surface area contributed by atoms with Gasteiger partial charge in [0.2, 0.25) is 29.5 Å². The van der Waals surface area contributed by atoms with Crippen molar-refractivity contribution in [3.63, 3.8) is 0 Å². The molecule has 0 bridgehead atoms. The molecule has 0 saturated carbocycles. The summed E-state index contributed by atoms with van der Waals surface area (Å²) >= 11 is 0. The normalized spacial score (nSPS) is 22.1. The van der Waals surface area contributed by atoms with Crippen molar-refractivity contribution in [2.45, 2.75) is 185 Å². The maximum Gasteiger partial charge on any atom is 0.410 e. The van der Waals surface area contributed by atoms with Crippen LogP contribution in [0.15, 0.2) is 183 Å². The second-order valence-corrected chi connectivity index (χ2v) is 34.1. The van der Waals surface area contributed by atoms with E-state index in [-0.39, 0.29) is 71.9 Å². The first-order valence-corrected chi connectivity index (χ1v) is 42.7. The number of carbonyl (C=O) groups is 7. The van der Waals surface area contributed by atoms with Gasteiger partial charge in [0, 0.05) is 198 Å². The summed E-state index contributed by atoms with van der Waals surface area (Å²) in [6, 6.07) is 42.9. The third-order valence-corrected chi connectivity index (χ3v) is 22.7. The van der Waals surface area contributed by atoms with Gasteiger partial charge in [0.1, 0.15) is 11.2 Å². The van der Waals surface area contributed by atoms with Gasteiger partial charge < -0.3 is 103 Å². The van der Waals surface area contributed by atoms with Crippen LogP contribution in [0, 0.1) is 0 Å². The van der Waals surface area contributed by atoms with Crippen molar-refractivity contribution in [2.24, 2.45) is 0 Å². The molecule has 10 aliphatic heterocycles. The Morgan fingerprint density at radius 1 is 0.328 bits per heavy atom. The number of likely N-dealkylation sites (tertiary alicyclic amines) is 1. The lowest BCUT2D eigenvalue weighted by molar-refractivity contribution is -0.122. The molecule has 7 amide bonds. The minimum atomic E-state index is -0.469. The van der Waals surface area contributed by atoms with Crippen LogP contribution in [0.3, 0.4) is 0 Å². The van der Waals surface area contributed by atoms with Crippen molar-refractivity contribution in [1.29, 1.82) is 0 Å². The first kappa shape index (κ1) is 88.8. The Morgan fingerprint density at radius 2 is 0.613 bits per heavy atom. The van der Waals surface area contributed by atoms with E-state index in [2.05, 4.69) is 226 Å². The predicted molar refractivity (Wildman–Crippen MR) is 477 cm³/mol. The summed E-state index contributed by atoms with van der Waals surface area (Å²) < 4.78 is 10.9. The van der Waals surface area contributed by atoms with Gasteiger partial charge in [0.05, 0.1) is 30.2 Å². The Kier molecular flexibility index (Phi) is 31.8. The Hall–Kier alpha value is -11.0. The monoisotopic (exact) mass is 1630 g/mol. The number of ether oxygens (including phenoxy) is 2. The van der Waals surface area contributed by atoms with Crippen LogP contribution in [0.5, 0.6) is 0 Å². The van der Waals surface area contributed by atoms with Crippen molar-refractivity contribution in [3.05, 3.63) is 194 Å². The quantitative estimate of drug-likeness (QED) is 0.0463. The summed E-state index contributed by atoms with van der Waals surface area (Å²) in [4.78, 5) is 91.7. The number of rotatable bonds is 15. The molecule has 27 nitrogen and oxygen atoms in total. The fourth-order valence-corrected chi connectivity index (χ4v) is 15.9. The van der Waals surface area contributed by atoms with Gasteiger partial charge in [-0.25, -0.2) is 9.59 Å². The first-order chi connectivity index (χ1) is 57.1. The smallest absolute Gasteiger partial charge is 0.410 e. The minimum Gasteiger partial charge on any atom is -0.444 e. The van der Waals surface area contributed by atoms with Gasteiger partial charge >= 0.3 is 12.2 Å². The highest BCUT2D eigenvalue weighted by Crippen LogP contribution is 2.33. The highest BCUT2D eigenvalue weighted by Gasteiger charge is 2.32. The zero-order valence-corrected chi connectivity index (χ0v) is 70.7. The Bertz CT molecular complexity index is 4070. The zero-order chi connectivity index (χ0) is 84.6. The van der Waals surface area contributed by atoms with Crippen molar-refractivity contribution >= 4 is 87.2 Å². The van der Waals surface area contributed by atoms with E-state index in [1.54, 1.807) is 9.80 Å². The van der Waals surface area contributed by atoms with Crippen molar-refractivity contribution in [2.75, 3.05) is 146 Å². The minimum absolute atomic E-state index is 0.0314. The van der Waals surface area contributed by atoms with E-state index >= 15 is 0 Å². The number of amides is 7. The molecule has 0 aromatic heterocycles. The summed E-state index contributed by atoms with van der Waals surface area (Å²) in [6.07, 6.45) is 10.5. The van der Waals surface area contributed by atoms with Gasteiger partial charge in [-0.05, 0) is 226 Å². The van der Waals surface area contributed by atoms with Gasteiger partial charge in [-0.2, -0.15) is 0 Å². The molecule has 5 aromatic rings. The molecular weight excluding hydrogens is 1500 g/mol. The van der Waals surface area contributed by atoms with Crippen LogP contribution in [0.1, 0.15) is 154 Å². The number of benzene rings is 5. The number of piperidine rings is 7. The third-order valence-electron chi connectivity index (χ3n) is 22.7. The molecule has 119 heavy (non-hydrogen) atoms. The molecule has 10 fully saturated rings. The summed E-state index contributed by atoms with van der Waals surface area (Å²) in [6.45, 7) is 45.9. The Morgan fingerprint density at radius 3 is 0.941 bits per heavy atom. The molecule has 15 rings (SSSR count). The van der Waals surface area contributed by atoms with E-state index < -0.39 is 11.2 Å². The van der Waals surface area contributed by atoms with Gasteiger partial charge in [-0.15, -0.1) is 0 Å². The van der Waals surface area contributed by atoms with Crippen molar-refractivity contribution < 1.29 is 43.0 Å². The second kappa shape index (κ2) is 42.6. The number of anilines is 8. The zero-order valence-electron chi connectivity index (χ0n) is 70.7. The highest BCUT2D eigenvalue weighted by molar-refractivity contribution is 5.82. The van der Waals surface area contributed by atoms with Crippen molar-refractivity contribution in [3.8, 4) is 0 Å². The molecule has 0 aliphatic carbocycles. The molecule has 0 radical (unpaired) electrons. The maximum atomic E-state index is 12.2. The fourth-order valence-electron chi connectivity index (χ4n) is 15.9. The lowest BCUT2D eigenvalue weighted by Gasteiger charge is -2.36. The summed E-state index contributed by atoms with van der Waals surface area (Å²) in [5, 5.41) is 41.4. The first-order valence-electron chi connectivity index (χ1n) is 42.7. The largest absolute Gasteiger partial charge is 0.444 e. The second-order valence-electron chi connectivity index (χ2n) is 34.1. The molecule has 5 unspecified atom stereocenters. The topological polar surface area (TPSA) is 311 Å². The SMILES string of the molecule is C=C1NC(=O)CCC1Nc1ccc(C2CCN(C(=O)OC(C)(C)C)CC2)cc1.C=C1NC(=O)CCC1Nc1ccc(C2CCNCC2)cc1.C=C1NC(=O)CCC1Nc1ccc(N2CCN(C(=O)OC(C)(C)C)CC2)cc1.C=C1NC(=O)CCC1Nc1ccc(N2CCNCC2)cc1.C=C1NC(=O)CCC1Nc1cccc(N2CCNCC2)c1. The van der Waals surface area contributed by atoms with Gasteiger partial charge in [-0.1, -0.05) is 63.2 Å². The van der Waals surface area contributed by atoms with E-state index in [4.69, 9.17) is 9.47 Å². The molecule has 5 atom stereocenters. The molecule has 10 heterocycles. The van der Waals surface area contributed by atoms with Crippen LogP contribution in [0.4, 0.5) is 55.1 Å². The molecule has 27 heteroatoms. The summed E-state index contributed by atoms with van der Waals surface area (Å²) in [5.74, 6) is 1.40. The molecule has 0 spiro atoms. The third kappa shape index (κ3) is 27.8. The van der Waals surface area contributed by atoms with Gasteiger partial charge in [0.25, 0.3) is 0 Å². The fraction of sp³-hybridized carbons (Fsp3) is 0.489. The number of carbonyl (C=O) groups excluding carboxylic acids is 7. The number of nitrogens with zero attached hydrogens (tertiary/aromatic N) is 5. The van der Waals surface area contributed by atoms with Gasteiger partial charge in [-0.3, -0.25) is 24.0 Å². The molecule has 10 aliphatic rings. The molecule has 13 N–H and O–H groups in total. The van der Waals surface area contributed by atoms with Crippen LogP contribution in [-0.2, 0) is 33.4 Å². The van der Waals surface area contributed by atoms with E-state index in [1.165, 1.54) is 35.3 Å². The summed E-state index contributed by atoms with van der Waals surface area (Å²) in [5.41, 5.74) is 14.4. The van der Waals surface area contributed by atoms with Crippen molar-refractivity contribution in [1.82, 2.24) is 52.3 Å². The standard InChI is InChI=1S/C22H31N3O3.C21H30N4O3.C17H23N3O.2C16H22N4O/c1-15-19(9-10-20(26)23-15)24-18-7-5-16(6-8-18)17-11-13-25(14-12-17)21(27)28-22(2,3)4;1-15-18(9-10-19(26)22-15)23-16-5-7-17(8-6-16)24-11-13-25(14-12-24)20(27)28-21(2,3)4;1-12-16(6-7-17(21)19-12)20-15-4-2-13(3-5-15)14-8-10-18-11-9-14;1-12-15(6-7-16(21)18-12)19-13-2-4-14(5-3-13)20-10-8-17-9-11-20;1-12-15(5-6-16(21)18-12)19-13-3-2-4-14(11-13)20-9-7-17-8-10-20/h5-8,17,19,24H,1,9-14H2,2-4H3,(H,23,26);5-8,18,23H,1,9-14H2,2-4H3,(H,22,26);2-5,14,16,18,20H,1,6-11H2,(H,19,21);2-5,15,17,19H,1,6-11H2,(H,18,21);2-4,11,15,17,19H,1,5-10H2,(H,18,21). The number of hydrogen-bond donors (Lipinski definition) is 13.